The number of halogens is 1. The van der Waals surface area contributed by atoms with Crippen molar-refractivity contribution in [2.45, 2.75) is 13.5 Å². The number of nitrogens with one attached hydrogen (secondary N) is 1. The first-order valence-corrected chi connectivity index (χ1v) is 10.0. The van der Waals surface area contributed by atoms with E-state index in [1.54, 1.807) is 37.3 Å². The molecule has 0 heterocycles. The predicted molar refractivity (Wildman–Crippen MR) is 124 cm³/mol. The van der Waals surface area contributed by atoms with E-state index in [2.05, 4.69) is 5.32 Å². The number of methoxy groups -OCH3 is 1. The van der Waals surface area contributed by atoms with Crippen molar-refractivity contribution in [3.05, 3.63) is 98.9 Å². The number of hydrogen-bond donors (Lipinski definition) is 1. The van der Waals surface area contributed by atoms with Crippen LogP contribution in [0.15, 0.2) is 66.2 Å². The summed E-state index contributed by atoms with van der Waals surface area (Å²) in [5.74, 6) is -0.165. The minimum atomic E-state index is -0.657. The van der Waals surface area contributed by atoms with Gasteiger partial charge in [-0.15, -0.1) is 0 Å². The van der Waals surface area contributed by atoms with Crippen LogP contribution in [0.25, 0.3) is 6.08 Å². The molecule has 9 heteroatoms. The second kappa shape index (κ2) is 10.7. The third-order valence-electron chi connectivity index (χ3n) is 4.84. The summed E-state index contributed by atoms with van der Waals surface area (Å²) in [5, 5.41) is 23.0. The Morgan fingerprint density at radius 2 is 1.88 bits per heavy atom. The van der Waals surface area contributed by atoms with Crippen LogP contribution in [-0.2, 0) is 11.4 Å². The smallest absolute Gasteiger partial charge is 0.269 e. The summed E-state index contributed by atoms with van der Waals surface area (Å²) in [6.07, 6.45) is 1.39. The van der Waals surface area contributed by atoms with Crippen LogP contribution in [0, 0.1) is 34.2 Å². The van der Waals surface area contributed by atoms with Crippen molar-refractivity contribution in [1.29, 1.82) is 5.26 Å². The van der Waals surface area contributed by atoms with Crippen molar-refractivity contribution in [3.63, 3.8) is 0 Å². The van der Waals surface area contributed by atoms with E-state index in [1.165, 1.54) is 43.5 Å². The highest BCUT2D eigenvalue weighted by molar-refractivity contribution is 6.10. The summed E-state index contributed by atoms with van der Waals surface area (Å²) >= 11 is 0. The Balaban J connectivity index is 1.75. The molecular formula is C25H20FN3O5. The summed E-state index contributed by atoms with van der Waals surface area (Å²) in [4.78, 5) is 23.0. The van der Waals surface area contributed by atoms with Gasteiger partial charge in [0.05, 0.1) is 12.0 Å². The van der Waals surface area contributed by atoms with Gasteiger partial charge in [0.1, 0.15) is 24.1 Å². The zero-order valence-corrected chi connectivity index (χ0v) is 18.4. The third kappa shape index (κ3) is 5.95. The Bertz CT molecular complexity index is 1300. The van der Waals surface area contributed by atoms with Crippen molar-refractivity contribution in [1.82, 2.24) is 0 Å². The van der Waals surface area contributed by atoms with Crippen LogP contribution in [0.5, 0.6) is 11.5 Å². The molecule has 3 aromatic rings. The average molecular weight is 461 g/mol. The lowest BCUT2D eigenvalue weighted by atomic mass is 10.1. The number of nitrogens with zero attached hydrogens (tertiary/aromatic N) is 2. The van der Waals surface area contributed by atoms with E-state index in [1.807, 2.05) is 6.07 Å². The molecule has 0 aliphatic heterocycles. The number of carbonyl (C=O) groups is 1. The number of non-ortho nitro benzene ring substituents is 1. The highest BCUT2D eigenvalue weighted by atomic mass is 19.1. The van der Waals surface area contributed by atoms with Crippen LogP contribution in [0.2, 0.25) is 0 Å². The van der Waals surface area contributed by atoms with Gasteiger partial charge in [-0.3, -0.25) is 14.9 Å². The van der Waals surface area contributed by atoms with Gasteiger partial charge in [0, 0.05) is 17.8 Å². The first kappa shape index (κ1) is 23.9. The number of aryl methyl sites for hydroxylation is 1. The van der Waals surface area contributed by atoms with E-state index < -0.39 is 10.8 Å². The number of nitro groups is 1. The number of hydrogen-bond acceptors (Lipinski definition) is 6. The number of rotatable bonds is 8. The molecule has 34 heavy (non-hydrogen) atoms. The Kier molecular flexibility index (Phi) is 7.56. The van der Waals surface area contributed by atoms with Crippen molar-refractivity contribution < 1.29 is 23.6 Å². The molecule has 0 saturated heterocycles. The van der Waals surface area contributed by atoms with Crippen LogP contribution in [-0.4, -0.2) is 17.9 Å². The fourth-order valence-corrected chi connectivity index (χ4v) is 3.04. The third-order valence-corrected chi connectivity index (χ3v) is 4.84. The Morgan fingerprint density at radius 3 is 2.50 bits per heavy atom. The fourth-order valence-electron chi connectivity index (χ4n) is 3.04. The van der Waals surface area contributed by atoms with Gasteiger partial charge in [-0.05, 0) is 60.0 Å². The molecule has 0 aliphatic carbocycles. The van der Waals surface area contributed by atoms with E-state index in [9.17, 15) is 24.6 Å². The number of amides is 1. The lowest BCUT2D eigenvalue weighted by molar-refractivity contribution is -0.384. The molecular weight excluding hydrogens is 441 g/mol. The van der Waals surface area contributed by atoms with E-state index >= 15 is 0 Å². The standard InChI is InChI=1S/C25H20FN3O5/c1-16-11-21(29(31)32)8-9-22(16)28-25(30)19(14-27)12-18-5-10-23(24(13-18)33-2)34-15-17-3-6-20(26)7-4-17/h3-13H,15H2,1-2H3,(H,28,30). The SMILES string of the molecule is COc1cc(C=C(C#N)C(=O)Nc2ccc([N+](=O)[O-])cc2C)ccc1OCc1ccc(F)cc1. The van der Waals surface area contributed by atoms with Crippen LogP contribution < -0.4 is 14.8 Å². The minimum absolute atomic E-state index is 0.0969. The predicted octanol–water partition coefficient (Wildman–Crippen LogP) is 5.18. The summed E-state index contributed by atoms with van der Waals surface area (Å²) in [6, 6.07) is 16.7. The van der Waals surface area contributed by atoms with Gasteiger partial charge in [-0.25, -0.2) is 4.39 Å². The molecule has 8 nitrogen and oxygen atoms in total. The van der Waals surface area contributed by atoms with E-state index in [4.69, 9.17) is 9.47 Å². The molecule has 0 fully saturated rings. The highest BCUT2D eigenvalue weighted by Gasteiger charge is 2.14. The van der Waals surface area contributed by atoms with Gasteiger partial charge in [0.2, 0.25) is 0 Å². The van der Waals surface area contributed by atoms with Crippen LogP contribution in [0.3, 0.4) is 0 Å². The number of anilines is 1. The van der Waals surface area contributed by atoms with E-state index in [-0.39, 0.29) is 23.7 Å². The van der Waals surface area contributed by atoms with E-state index in [0.29, 0.717) is 28.3 Å². The monoisotopic (exact) mass is 461 g/mol. The minimum Gasteiger partial charge on any atom is -0.493 e. The maximum absolute atomic E-state index is 13.0. The Morgan fingerprint density at radius 1 is 1.15 bits per heavy atom. The summed E-state index contributed by atoms with van der Waals surface area (Å²) in [5.41, 5.74) is 1.89. The van der Waals surface area contributed by atoms with Gasteiger partial charge >= 0.3 is 0 Å². The first-order chi connectivity index (χ1) is 16.3. The van der Waals surface area contributed by atoms with Gasteiger partial charge in [0.25, 0.3) is 11.6 Å². The number of benzene rings is 3. The zero-order chi connectivity index (χ0) is 24.7. The maximum atomic E-state index is 13.0. The molecule has 0 atom stereocenters. The molecule has 172 valence electrons. The first-order valence-electron chi connectivity index (χ1n) is 10.0. The number of ether oxygens (including phenoxy) is 2. The van der Waals surface area contributed by atoms with Crippen LogP contribution in [0.4, 0.5) is 15.8 Å². The lowest BCUT2D eigenvalue weighted by Crippen LogP contribution is -2.14. The van der Waals surface area contributed by atoms with Crippen LogP contribution in [0.1, 0.15) is 16.7 Å². The molecule has 3 aromatic carbocycles. The zero-order valence-electron chi connectivity index (χ0n) is 18.4. The van der Waals surface area contributed by atoms with Gasteiger partial charge in [-0.1, -0.05) is 18.2 Å². The molecule has 0 bridgehead atoms. The normalized spacial score (nSPS) is 10.8. The second-order valence-corrected chi connectivity index (χ2v) is 7.21. The molecule has 0 saturated carbocycles. The average Bonchev–Trinajstić information content (AvgIpc) is 2.83. The molecule has 0 aliphatic rings. The molecule has 0 unspecified atom stereocenters. The molecule has 1 amide bonds. The summed E-state index contributed by atoms with van der Waals surface area (Å²) in [7, 11) is 1.46. The van der Waals surface area contributed by atoms with E-state index in [0.717, 1.165) is 5.56 Å². The quantitative estimate of drug-likeness (QED) is 0.214. The Labute approximate surface area is 195 Å². The second-order valence-electron chi connectivity index (χ2n) is 7.21. The van der Waals surface area contributed by atoms with Gasteiger partial charge in [-0.2, -0.15) is 5.26 Å². The van der Waals surface area contributed by atoms with Crippen molar-refractivity contribution >= 4 is 23.4 Å². The van der Waals surface area contributed by atoms with Crippen molar-refractivity contribution in [3.8, 4) is 17.6 Å². The summed E-state index contributed by atoms with van der Waals surface area (Å²) in [6.45, 7) is 1.82. The topological polar surface area (TPSA) is 114 Å². The van der Waals surface area contributed by atoms with Gasteiger partial charge < -0.3 is 14.8 Å². The highest BCUT2D eigenvalue weighted by Crippen LogP contribution is 2.30. The lowest BCUT2D eigenvalue weighted by Gasteiger charge is -2.12. The molecule has 0 radical (unpaired) electrons. The maximum Gasteiger partial charge on any atom is 0.269 e. The van der Waals surface area contributed by atoms with Crippen LogP contribution >= 0.6 is 0 Å². The summed E-state index contributed by atoms with van der Waals surface area (Å²) < 4.78 is 24.2. The van der Waals surface area contributed by atoms with Crippen molar-refractivity contribution in [2.75, 3.05) is 12.4 Å². The fraction of sp³-hybridized carbons (Fsp3) is 0.120. The van der Waals surface area contributed by atoms with Crippen molar-refractivity contribution in [2.24, 2.45) is 0 Å². The molecule has 1 N–H and O–H groups in total. The molecule has 0 aromatic heterocycles. The number of nitro benzene ring substituents is 1. The van der Waals surface area contributed by atoms with Gasteiger partial charge in [0.15, 0.2) is 11.5 Å². The Hall–Kier alpha value is -4.71. The number of carbonyl (C=O) groups excluding carboxylic acids is 1. The molecule has 3 rings (SSSR count). The molecule has 0 spiro atoms. The largest absolute Gasteiger partial charge is 0.493 e. The number of nitriles is 1.